The first kappa shape index (κ1) is 10.5. The lowest BCUT2D eigenvalue weighted by Crippen LogP contribution is -2.20. The van der Waals surface area contributed by atoms with Crippen LogP contribution in [-0.4, -0.2) is 43.1 Å². The Morgan fingerprint density at radius 3 is 1.36 bits per heavy atom. The molecule has 0 radical (unpaired) electrons. The minimum atomic E-state index is -0.769. The van der Waals surface area contributed by atoms with Gasteiger partial charge in [-0.15, -0.1) is 20.4 Å². The molecular formula is C6H12N6O2. The van der Waals surface area contributed by atoms with Crippen LogP contribution in [0.4, 0.5) is 11.9 Å². The van der Waals surface area contributed by atoms with Crippen molar-refractivity contribution >= 4 is 11.9 Å². The van der Waals surface area contributed by atoms with Crippen LogP contribution in [0.15, 0.2) is 0 Å². The number of hydrogen-bond acceptors (Lipinski definition) is 8. The first-order valence-electron chi connectivity index (χ1n) is 4.04. The van der Waals surface area contributed by atoms with Crippen molar-refractivity contribution in [3.8, 4) is 0 Å². The van der Waals surface area contributed by atoms with Crippen LogP contribution < -0.4 is 10.6 Å². The Morgan fingerprint density at radius 2 is 1.14 bits per heavy atom. The molecule has 0 saturated heterocycles. The van der Waals surface area contributed by atoms with Gasteiger partial charge in [0.25, 0.3) is 11.9 Å². The zero-order valence-corrected chi connectivity index (χ0v) is 7.84. The van der Waals surface area contributed by atoms with Gasteiger partial charge in [-0.05, 0) is 13.8 Å². The van der Waals surface area contributed by atoms with Gasteiger partial charge < -0.3 is 20.8 Å². The molecule has 0 aliphatic carbocycles. The lowest BCUT2D eigenvalue weighted by molar-refractivity contribution is 0.221. The Hall–Kier alpha value is -1.54. The van der Waals surface area contributed by atoms with Crippen molar-refractivity contribution in [1.82, 2.24) is 20.4 Å². The molecule has 14 heavy (non-hydrogen) atoms. The number of nitrogens with one attached hydrogen (secondary N) is 2. The predicted molar refractivity (Wildman–Crippen MR) is 48.2 cm³/mol. The second kappa shape index (κ2) is 4.63. The Kier molecular flexibility index (Phi) is 3.48. The van der Waals surface area contributed by atoms with Crippen LogP contribution in [-0.2, 0) is 0 Å². The van der Waals surface area contributed by atoms with Crippen molar-refractivity contribution in [2.45, 2.75) is 26.3 Å². The lowest BCUT2D eigenvalue weighted by Gasteiger charge is -2.07. The van der Waals surface area contributed by atoms with Gasteiger partial charge in [-0.1, -0.05) is 0 Å². The van der Waals surface area contributed by atoms with E-state index in [1.165, 1.54) is 13.8 Å². The van der Waals surface area contributed by atoms with Crippen LogP contribution in [0.1, 0.15) is 13.8 Å². The van der Waals surface area contributed by atoms with Crippen LogP contribution in [0.5, 0.6) is 0 Å². The molecule has 0 aliphatic heterocycles. The largest absolute Gasteiger partial charge is 0.374 e. The summed E-state index contributed by atoms with van der Waals surface area (Å²) in [6.45, 7) is 3.04. The molecule has 4 N–H and O–H groups in total. The highest BCUT2D eigenvalue weighted by Crippen LogP contribution is 1.98. The van der Waals surface area contributed by atoms with Crippen molar-refractivity contribution in [3.63, 3.8) is 0 Å². The van der Waals surface area contributed by atoms with E-state index in [-0.39, 0.29) is 11.9 Å². The van der Waals surface area contributed by atoms with E-state index in [9.17, 15) is 0 Å². The van der Waals surface area contributed by atoms with E-state index in [1.807, 2.05) is 0 Å². The summed E-state index contributed by atoms with van der Waals surface area (Å²) in [6, 6.07) is 0. The number of hydrogen-bond donors (Lipinski definition) is 4. The number of aromatic nitrogens is 4. The highest BCUT2D eigenvalue weighted by molar-refractivity contribution is 5.25. The number of aliphatic hydroxyl groups excluding tert-OH is 2. The monoisotopic (exact) mass is 200 g/mol. The Bertz CT molecular complexity index is 245. The summed E-state index contributed by atoms with van der Waals surface area (Å²) < 4.78 is 0. The Balaban J connectivity index is 2.59. The van der Waals surface area contributed by atoms with E-state index >= 15 is 0 Å². The Labute approximate surface area is 80.4 Å². The molecule has 2 atom stereocenters. The van der Waals surface area contributed by atoms with Gasteiger partial charge in [0.1, 0.15) is 12.5 Å². The first-order chi connectivity index (χ1) is 6.58. The van der Waals surface area contributed by atoms with Gasteiger partial charge in [-0.25, -0.2) is 0 Å². The third-order valence-electron chi connectivity index (χ3n) is 1.15. The average molecular weight is 200 g/mol. The summed E-state index contributed by atoms with van der Waals surface area (Å²) in [4.78, 5) is 0. The molecule has 1 rings (SSSR count). The molecule has 1 heterocycles. The smallest absolute Gasteiger partial charge is 0.264 e. The fourth-order valence-corrected chi connectivity index (χ4v) is 0.719. The van der Waals surface area contributed by atoms with E-state index < -0.39 is 12.5 Å². The molecular weight excluding hydrogens is 188 g/mol. The van der Waals surface area contributed by atoms with E-state index in [4.69, 9.17) is 10.2 Å². The standard InChI is InChI=1S/C6H12N6O2/c1-3(13)7-5-9-11-6(12-10-5)8-4(2)14/h3-4,13-14H,1-2H3,(H,7,9,10)(H,8,11,12)/t3-,4+. The molecule has 8 nitrogen and oxygen atoms in total. The molecule has 0 aromatic carbocycles. The molecule has 1 aromatic rings. The molecule has 0 saturated carbocycles. The average Bonchev–Trinajstić information content (AvgIpc) is 2.06. The molecule has 0 fully saturated rings. The molecule has 0 amide bonds. The molecule has 1 aromatic heterocycles. The van der Waals surface area contributed by atoms with Crippen molar-refractivity contribution in [2.24, 2.45) is 0 Å². The van der Waals surface area contributed by atoms with Gasteiger partial charge in [0, 0.05) is 0 Å². The SMILES string of the molecule is C[C@H](O)Nc1nnc(N[C@@H](C)O)nn1. The number of anilines is 2. The third-order valence-corrected chi connectivity index (χ3v) is 1.15. The van der Waals surface area contributed by atoms with Crippen LogP contribution in [0, 0.1) is 0 Å². The highest BCUT2D eigenvalue weighted by atomic mass is 16.3. The fourth-order valence-electron chi connectivity index (χ4n) is 0.719. The maximum atomic E-state index is 8.92. The number of nitrogens with zero attached hydrogens (tertiary/aromatic N) is 4. The zero-order chi connectivity index (χ0) is 10.6. The third kappa shape index (κ3) is 3.46. The quantitative estimate of drug-likeness (QED) is 0.446. The summed E-state index contributed by atoms with van der Waals surface area (Å²) in [6.07, 6.45) is -1.54. The highest BCUT2D eigenvalue weighted by Gasteiger charge is 2.03. The van der Waals surface area contributed by atoms with Gasteiger partial charge >= 0.3 is 0 Å². The van der Waals surface area contributed by atoms with Crippen LogP contribution >= 0.6 is 0 Å². The Morgan fingerprint density at radius 1 is 0.857 bits per heavy atom. The summed E-state index contributed by atoms with van der Waals surface area (Å²) in [5, 5.41) is 37.3. The normalized spacial score (nSPS) is 14.6. The zero-order valence-electron chi connectivity index (χ0n) is 7.84. The number of rotatable bonds is 4. The van der Waals surface area contributed by atoms with Gasteiger partial charge in [0.2, 0.25) is 0 Å². The van der Waals surface area contributed by atoms with E-state index in [2.05, 4.69) is 31.0 Å². The summed E-state index contributed by atoms with van der Waals surface area (Å²) >= 11 is 0. The topological polar surface area (TPSA) is 116 Å². The maximum Gasteiger partial charge on any atom is 0.264 e. The minimum absolute atomic E-state index is 0.121. The molecule has 8 heteroatoms. The van der Waals surface area contributed by atoms with E-state index in [1.54, 1.807) is 0 Å². The summed E-state index contributed by atoms with van der Waals surface area (Å²) in [5.74, 6) is 0.243. The van der Waals surface area contributed by atoms with E-state index in [0.29, 0.717) is 0 Å². The molecule has 0 bridgehead atoms. The van der Waals surface area contributed by atoms with Crippen LogP contribution in [0.2, 0.25) is 0 Å². The van der Waals surface area contributed by atoms with Gasteiger partial charge in [0.05, 0.1) is 0 Å². The second-order valence-corrected chi connectivity index (χ2v) is 2.69. The van der Waals surface area contributed by atoms with Crippen molar-refractivity contribution in [3.05, 3.63) is 0 Å². The van der Waals surface area contributed by atoms with Crippen molar-refractivity contribution in [2.75, 3.05) is 10.6 Å². The molecule has 0 spiro atoms. The van der Waals surface area contributed by atoms with Gasteiger partial charge in [-0.2, -0.15) is 0 Å². The molecule has 0 unspecified atom stereocenters. The predicted octanol–water partition coefficient (Wildman–Crippen LogP) is -1.23. The molecule has 78 valence electrons. The fraction of sp³-hybridized carbons (Fsp3) is 0.667. The molecule has 0 aliphatic rings. The van der Waals surface area contributed by atoms with Gasteiger partial charge in [0.15, 0.2) is 0 Å². The van der Waals surface area contributed by atoms with E-state index in [0.717, 1.165) is 0 Å². The maximum absolute atomic E-state index is 8.92. The summed E-state index contributed by atoms with van der Waals surface area (Å²) in [7, 11) is 0. The van der Waals surface area contributed by atoms with Crippen LogP contribution in [0.3, 0.4) is 0 Å². The minimum Gasteiger partial charge on any atom is -0.374 e. The van der Waals surface area contributed by atoms with Crippen molar-refractivity contribution < 1.29 is 10.2 Å². The van der Waals surface area contributed by atoms with Gasteiger partial charge in [-0.3, -0.25) is 0 Å². The summed E-state index contributed by atoms with van der Waals surface area (Å²) in [5.41, 5.74) is 0. The second-order valence-electron chi connectivity index (χ2n) is 2.69. The number of aliphatic hydroxyl groups is 2. The first-order valence-corrected chi connectivity index (χ1v) is 4.04. The van der Waals surface area contributed by atoms with Crippen molar-refractivity contribution in [1.29, 1.82) is 0 Å². The lowest BCUT2D eigenvalue weighted by atomic mass is 10.6. The van der Waals surface area contributed by atoms with Crippen LogP contribution in [0.25, 0.3) is 0 Å².